The Labute approximate surface area is 80.3 Å². The maximum atomic E-state index is 10.5. The summed E-state index contributed by atoms with van der Waals surface area (Å²) in [5, 5.41) is 10.5. The molecule has 0 aromatic rings. The molecule has 1 rings (SSSR count). The Morgan fingerprint density at radius 1 is 1.62 bits per heavy atom. The van der Waals surface area contributed by atoms with E-state index in [0.717, 1.165) is 6.42 Å². The van der Waals surface area contributed by atoms with Crippen LogP contribution in [0.25, 0.3) is 0 Å². The topological polar surface area (TPSA) is 55.5 Å². The highest BCUT2D eigenvalue weighted by Crippen LogP contribution is 2.41. The molecule has 0 radical (unpaired) electrons. The Balaban J connectivity index is 2.85. The molecule has 0 aliphatic carbocycles. The molecule has 0 bridgehead atoms. The summed E-state index contributed by atoms with van der Waals surface area (Å²) in [5.74, 6) is 0.228. The van der Waals surface area contributed by atoms with Crippen LogP contribution in [0.5, 0.6) is 0 Å². The van der Waals surface area contributed by atoms with Gasteiger partial charge in [0, 0.05) is 17.9 Å². The molecule has 0 aromatic carbocycles. The number of hydrogen-bond donors (Lipinski definition) is 2. The number of ether oxygens (including phenoxy) is 1. The molecule has 1 fully saturated rings. The van der Waals surface area contributed by atoms with Crippen LogP contribution in [0.1, 0.15) is 27.2 Å². The summed E-state index contributed by atoms with van der Waals surface area (Å²) in [5.41, 5.74) is 4.67. The lowest BCUT2D eigenvalue weighted by Crippen LogP contribution is -2.53. The predicted molar refractivity (Wildman–Crippen MR) is 52.4 cm³/mol. The van der Waals surface area contributed by atoms with Crippen LogP contribution in [0, 0.1) is 11.3 Å². The van der Waals surface area contributed by atoms with Gasteiger partial charge < -0.3 is 15.6 Å². The van der Waals surface area contributed by atoms with Crippen molar-refractivity contribution in [2.45, 2.75) is 32.8 Å². The summed E-state index contributed by atoms with van der Waals surface area (Å²) in [7, 11) is 0. The van der Waals surface area contributed by atoms with Gasteiger partial charge in [0.25, 0.3) is 0 Å². The fourth-order valence-corrected chi connectivity index (χ4v) is 1.99. The third kappa shape index (κ3) is 1.60. The molecule has 13 heavy (non-hydrogen) atoms. The third-order valence-electron chi connectivity index (χ3n) is 3.49. The van der Waals surface area contributed by atoms with E-state index in [2.05, 4.69) is 6.92 Å². The summed E-state index contributed by atoms with van der Waals surface area (Å²) in [6.45, 7) is 7.67. The van der Waals surface area contributed by atoms with E-state index >= 15 is 0 Å². The summed E-state index contributed by atoms with van der Waals surface area (Å²) in [6.07, 6.45) is 0.944. The van der Waals surface area contributed by atoms with Crippen molar-refractivity contribution in [3.8, 4) is 0 Å². The van der Waals surface area contributed by atoms with Crippen molar-refractivity contribution in [2.24, 2.45) is 17.1 Å². The molecule has 2 unspecified atom stereocenters. The fourth-order valence-electron chi connectivity index (χ4n) is 1.99. The van der Waals surface area contributed by atoms with E-state index in [9.17, 15) is 5.11 Å². The van der Waals surface area contributed by atoms with Crippen LogP contribution in [0.3, 0.4) is 0 Å². The molecule has 3 heteroatoms. The number of aliphatic hydroxyl groups is 1. The molecular weight excluding hydrogens is 166 g/mol. The summed E-state index contributed by atoms with van der Waals surface area (Å²) < 4.78 is 5.35. The normalized spacial score (nSPS) is 35.3. The highest BCUT2D eigenvalue weighted by atomic mass is 16.5. The van der Waals surface area contributed by atoms with Gasteiger partial charge in [-0.3, -0.25) is 0 Å². The first kappa shape index (κ1) is 11.0. The maximum Gasteiger partial charge on any atom is 0.0992 e. The molecule has 0 saturated carbocycles. The number of nitrogens with two attached hydrogens (primary N) is 1. The van der Waals surface area contributed by atoms with Crippen LogP contribution in [0.15, 0.2) is 0 Å². The first-order valence-corrected chi connectivity index (χ1v) is 4.98. The van der Waals surface area contributed by atoms with Crippen molar-refractivity contribution in [3.63, 3.8) is 0 Å². The quantitative estimate of drug-likeness (QED) is 0.686. The molecule has 3 N–H and O–H groups in total. The van der Waals surface area contributed by atoms with Gasteiger partial charge in [-0.25, -0.2) is 0 Å². The van der Waals surface area contributed by atoms with Gasteiger partial charge in [0.05, 0.1) is 18.8 Å². The minimum absolute atomic E-state index is 0.228. The van der Waals surface area contributed by atoms with Crippen LogP contribution in [0.2, 0.25) is 0 Å². The predicted octanol–water partition coefficient (Wildman–Crippen LogP) is 0.759. The first-order valence-electron chi connectivity index (χ1n) is 4.98. The molecule has 1 heterocycles. The SMILES string of the molecule is CCC1COCC1(O)C(C)(C)CN. The maximum absolute atomic E-state index is 10.5. The molecule has 1 aliphatic heterocycles. The first-order chi connectivity index (χ1) is 5.98. The lowest BCUT2D eigenvalue weighted by molar-refractivity contribution is -0.0911. The van der Waals surface area contributed by atoms with E-state index in [0.29, 0.717) is 19.8 Å². The van der Waals surface area contributed by atoms with Crippen LogP contribution in [-0.2, 0) is 4.74 Å². The molecule has 1 aliphatic rings. The van der Waals surface area contributed by atoms with Crippen molar-refractivity contribution in [1.29, 1.82) is 0 Å². The van der Waals surface area contributed by atoms with Crippen LogP contribution in [-0.4, -0.2) is 30.5 Å². The van der Waals surface area contributed by atoms with Crippen molar-refractivity contribution in [1.82, 2.24) is 0 Å². The van der Waals surface area contributed by atoms with E-state index < -0.39 is 5.60 Å². The highest BCUT2D eigenvalue weighted by molar-refractivity contribution is 5.01. The fraction of sp³-hybridized carbons (Fsp3) is 1.00. The van der Waals surface area contributed by atoms with Crippen molar-refractivity contribution < 1.29 is 9.84 Å². The van der Waals surface area contributed by atoms with E-state index in [1.54, 1.807) is 0 Å². The van der Waals surface area contributed by atoms with Gasteiger partial charge in [0.15, 0.2) is 0 Å². The van der Waals surface area contributed by atoms with Crippen LogP contribution >= 0.6 is 0 Å². The molecular formula is C10H21NO2. The Morgan fingerprint density at radius 3 is 2.69 bits per heavy atom. The lowest BCUT2D eigenvalue weighted by Gasteiger charge is -2.41. The minimum atomic E-state index is -0.740. The van der Waals surface area contributed by atoms with Gasteiger partial charge in [-0.1, -0.05) is 20.8 Å². The Morgan fingerprint density at radius 2 is 2.23 bits per heavy atom. The van der Waals surface area contributed by atoms with E-state index in [1.165, 1.54) is 0 Å². The van der Waals surface area contributed by atoms with Gasteiger partial charge in [-0.2, -0.15) is 0 Å². The molecule has 78 valence electrons. The number of hydrogen-bond acceptors (Lipinski definition) is 3. The van der Waals surface area contributed by atoms with Crippen molar-refractivity contribution in [3.05, 3.63) is 0 Å². The van der Waals surface area contributed by atoms with Crippen molar-refractivity contribution >= 4 is 0 Å². The summed E-state index contributed by atoms with van der Waals surface area (Å²) in [6, 6.07) is 0. The second kappa shape index (κ2) is 3.56. The van der Waals surface area contributed by atoms with Crippen molar-refractivity contribution in [2.75, 3.05) is 19.8 Å². The van der Waals surface area contributed by atoms with Gasteiger partial charge in [-0.15, -0.1) is 0 Å². The third-order valence-corrected chi connectivity index (χ3v) is 3.49. The van der Waals surface area contributed by atoms with Crippen LogP contribution < -0.4 is 5.73 Å². The standard InChI is InChI=1S/C10H21NO2/c1-4-8-5-13-7-10(8,12)9(2,3)6-11/h8,12H,4-7,11H2,1-3H3. The average Bonchev–Trinajstić information content (AvgIpc) is 2.48. The summed E-state index contributed by atoms with van der Waals surface area (Å²) >= 11 is 0. The van der Waals surface area contributed by atoms with E-state index in [1.807, 2.05) is 13.8 Å². The van der Waals surface area contributed by atoms with Gasteiger partial charge >= 0.3 is 0 Å². The van der Waals surface area contributed by atoms with Gasteiger partial charge in [0.2, 0.25) is 0 Å². The average molecular weight is 187 g/mol. The monoisotopic (exact) mass is 187 g/mol. The zero-order valence-electron chi connectivity index (χ0n) is 8.84. The molecule has 0 aromatic heterocycles. The molecule has 0 amide bonds. The zero-order valence-corrected chi connectivity index (χ0v) is 8.84. The molecule has 1 saturated heterocycles. The second-order valence-electron chi connectivity index (χ2n) is 4.63. The van der Waals surface area contributed by atoms with E-state index in [4.69, 9.17) is 10.5 Å². The number of rotatable bonds is 3. The Kier molecular flexibility index (Phi) is 3.00. The van der Waals surface area contributed by atoms with Gasteiger partial charge in [0.1, 0.15) is 0 Å². The molecule has 3 nitrogen and oxygen atoms in total. The zero-order chi connectivity index (χ0) is 10.1. The highest BCUT2D eigenvalue weighted by Gasteiger charge is 2.51. The van der Waals surface area contributed by atoms with E-state index in [-0.39, 0.29) is 11.3 Å². The second-order valence-corrected chi connectivity index (χ2v) is 4.63. The smallest absolute Gasteiger partial charge is 0.0992 e. The summed E-state index contributed by atoms with van der Waals surface area (Å²) in [4.78, 5) is 0. The largest absolute Gasteiger partial charge is 0.386 e. The lowest BCUT2D eigenvalue weighted by atomic mass is 9.68. The minimum Gasteiger partial charge on any atom is -0.386 e. The molecule has 0 spiro atoms. The molecule has 2 atom stereocenters. The van der Waals surface area contributed by atoms with Crippen LogP contribution in [0.4, 0.5) is 0 Å². The Hall–Kier alpha value is -0.120. The Bertz CT molecular complexity index is 182. The van der Waals surface area contributed by atoms with Gasteiger partial charge in [-0.05, 0) is 6.42 Å².